The quantitative estimate of drug-likeness (QED) is 0.416. The van der Waals surface area contributed by atoms with E-state index >= 15 is 0 Å². The molecule has 0 bridgehead atoms. The summed E-state index contributed by atoms with van der Waals surface area (Å²) in [5, 5.41) is 12.8. The van der Waals surface area contributed by atoms with Gasteiger partial charge in [0, 0.05) is 41.0 Å². The van der Waals surface area contributed by atoms with Crippen molar-refractivity contribution in [1.82, 2.24) is 25.1 Å². The summed E-state index contributed by atoms with van der Waals surface area (Å²) in [5.74, 6) is 1.49. The van der Waals surface area contributed by atoms with E-state index < -0.39 is 0 Å². The topological polar surface area (TPSA) is 72.7 Å². The van der Waals surface area contributed by atoms with E-state index in [0.717, 1.165) is 46.4 Å². The molecule has 0 unspecified atom stereocenters. The monoisotopic (exact) mass is 441 g/mol. The zero-order valence-corrected chi connectivity index (χ0v) is 18.5. The molecule has 0 saturated heterocycles. The van der Waals surface area contributed by atoms with Gasteiger partial charge >= 0.3 is 0 Å². The predicted molar refractivity (Wildman–Crippen MR) is 126 cm³/mol. The Kier molecular flexibility index (Phi) is 5.73. The summed E-state index contributed by atoms with van der Waals surface area (Å²) in [5.41, 5.74) is 4.93. The average Bonchev–Trinajstić information content (AvgIpc) is 3.53. The van der Waals surface area contributed by atoms with Crippen LogP contribution in [0.15, 0.2) is 78.2 Å². The van der Waals surface area contributed by atoms with Crippen molar-refractivity contribution in [3.05, 3.63) is 89.7 Å². The van der Waals surface area contributed by atoms with Gasteiger partial charge in [-0.05, 0) is 67.3 Å². The van der Waals surface area contributed by atoms with Crippen molar-refractivity contribution in [3.63, 3.8) is 0 Å². The zero-order valence-electron chi connectivity index (χ0n) is 17.7. The number of rotatable bonds is 7. The fourth-order valence-electron chi connectivity index (χ4n) is 3.44. The first-order chi connectivity index (χ1) is 15.7. The largest absolute Gasteiger partial charge is 0.349 e. The lowest BCUT2D eigenvalue weighted by atomic mass is 10.1. The van der Waals surface area contributed by atoms with E-state index in [0.29, 0.717) is 11.6 Å². The highest BCUT2D eigenvalue weighted by Crippen LogP contribution is 2.30. The molecule has 0 spiro atoms. The van der Waals surface area contributed by atoms with Crippen LogP contribution in [0.4, 0.5) is 0 Å². The predicted octanol–water partition coefficient (Wildman–Crippen LogP) is 4.82. The second-order valence-corrected chi connectivity index (χ2v) is 8.90. The summed E-state index contributed by atoms with van der Waals surface area (Å²) in [7, 11) is 0. The second-order valence-electron chi connectivity index (χ2n) is 7.96. The number of thioether (sulfide) groups is 1. The molecular weight excluding hydrogens is 418 g/mol. The Hall–Kier alpha value is -3.45. The maximum Gasteiger partial charge on any atom is 0.251 e. The van der Waals surface area contributed by atoms with Gasteiger partial charge in [-0.25, -0.2) is 0 Å². The van der Waals surface area contributed by atoms with Crippen LogP contribution in [0.1, 0.15) is 34.3 Å². The van der Waals surface area contributed by atoms with Crippen LogP contribution in [0.25, 0.3) is 17.1 Å². The van der Waals surface area contributed by atoms with E-state index in [4.69, 9.17) is 0 Å². The van der Waals surface area contributed by atoms with Crippen LogP contribution in [0.3, 0.4) is 0 Å². The molecule has 32 heavy (non-hydrogen) atoms. The van der Waals surface area contributed by atoms with Crippen molar-refractivity contribution >= 4 is 17.7 Å². The summed E-state index contributed by atoms with van der Waals surface area (Å²) in [4.78, 5) is 16.4. The Morgan fingerprint density at radius 1 is 1.09 bits per heavy atom. The van der Waals surface area contributed by atoms with Gasteiger partial charge in [0.25, 0.3) is 5.91 Å². The Balaban J connectivity index is 1.39. The fourth-order valence-corrected chi connectivity index (χ4v) is 4.35. The average molecular weight is 442 g/mol. The van der Waals surface area contributed by atoms with Crippen LogP contribution in [0.2, 0.25) is 0 Å². The summed E-state index contributed by atoms with van der Waals surface area (Å²) >= 11 is 1.62. The molecule has 1 fully saturated rings. The molecule has 2 aromatic heterocycles. The maximum atomic E-state index is 12.2. The second kappa shape index (κ2) is 8.96. The minimum absolute atomic E-state index is 0.00649. The number of pyridine rings is 1. The number of hydrogen-bond acceptors (Lipinski definition) is 5. The first kappa shape index (κ1) is 20.5. The number of nitrogens with one attached hydrogen (secondary N) is 1. The van der Waals surface area contributed by atoms with Crippen LogP contribution in [-0.4, -0.2) is 31.7 Å². The highest BCUT2D eigenvalue weighted by molar-refractivity contribution is 7.98. The highest BCUT2D eigenvalue weighted by atomic mass is 32.2. The van der Waals surface area contributed by atoms with Gasteiger partial charge in [0.2, 0.25) is 0 Å². The third-order valence-electron chi connectivity index (χ3n) is 5.31. The number of aromatic nitrogens is 4. The van der Waals surface area contributed by atoms with Gasteiger partial charge < -0.3 is 5.32 Å². The van der Waals surface area contributed by atoms with Gasteiger partial charge in [-0.2, -0.15) is 0 Å². The van der Waals surface area contributed by atoms with Gasteiger partial charge in [0.05, 0.1) is 0 Å². The molecule has 6 nitrogen and oxygen atoms in total. The van der Waals surface area contributed by atoms with Crippen LogP contribution < -0.4 is 5.32 Å². The minimum atomic E-state index is 0.00649. The minimum Gasteiger partial charge on any atom is -0.349 e. The standard InChI is InChI=1S/C25H23N5OS/c1-17-4-2-6-22(14-17)30-23(20-5-3-13-26-15-20)28-29-25(30)32-16-18-7-9-19(10-8-18)24(31)27-21-11-12-21/h2-10,13-15,21H,11-12,16H2,1H3,(H,27,31). The van der Waals surface area contributed by atoms with Gasteiger partial charge in [-0.15, -0.1) is 10.2 Å². The van der Waals surface area contributed by atoms with Crippen molar-refractivity contribution in [2.75, 3.05) is 0 Å². The number of aryl methyl sites for hydroxylation is 1. The molecule has 1 N–H and O–H groups in total. The van der Waals surface area contributed by atoms with Crippen LogP contribution >= 0.6 is 11.8 Å². The van der Waals surface area contributed by atoms with E-state index in [1.165, 1.54) is 5.56 Å². The molecule has 7 heteroatoms. The molecule has 160 valence electrons. The summed E-state index contributed by atoms with van der Waals surface area (Å²) in [6, 6.07) is 20.3. The summed E-state index contributed by atoms with van der Waals surface area (Å²) in [6.07, 6.45) is 5.73. The molecule has 0 atom stereocenters. The molecule has 1 aliphatic rings. The Morgan fingerprint density at radius 2 is 1.94 bits per heavy atom. The third-order valence-corrected chi connectivity index (χ3v) is 6.31. The van der Waals surface area contributed by atoms with Crippen LogP contribution in [0.5, 0.6) is 0 Å². The molecule has 2 heterocycles. The number of carbonyl (C=O) groups excluding carboxylic acids is 1. The van der Waals surface area contributed by atoms with E-state index in [-0.39, 0.29) is 5.91 Å². The van der Waals surface area contributed by atoms with E-state index in [2.05, 4.69) is 50.2 Å². The van der Waals surface area contributed by atoms with Crippen molar-refractivity contribution < 1.29 is 4.79 Å². The number of nitrogens with zero attached hydrogens (tertiary/aromatic N) is 4. The number of carbonyl (C=O) groups is 1. The third kappa shape index (κ3) is 4.57. The van der Waals surface area contributed by atoms with E-state index in [1.54, 1.807) is 24.2 Å². The molecular formula is C25H23N5OS. The smallest absolute Gasteiger partial charge is 0.251 e. The van der Waals surface area contributed by atoms with Gasteiger partial charge in [-0.1, -0.05) is 36.0 Å². The van der Waals surface area contributed by atoms with Crippen LogP contribution in [0, 0.1) is 6.92 Å². The Labute approximate surface area is 191 Å². The fraction of sp³-hybridized carbons (Fsp3) is 0.200. The number of benzene rings is 2. The lowest BCUT2D eigenvalue weighted by molar-refractivity contribution is 0.0951. The van der Waals surface area contributed by atoms with E-state index in [9.17, 15) is 4.79 Å². The van der Waals surface area contributed by atoms with Crippen molar-refractivity contribution in [2.24, 2.45) is 0 Å². The SMILES string of the molecule is Cc1cccc(-n2c(SCc3ccc(C(=O)NC4CC4)cc3)nnc2-c2cccnc2)c1. The Morgan fingerprint density at radius 3 is 2.66 bits per heavy atom. The first-order valence-corrected chi connectivity index (χ1v) is 11.6. The molecule has 0 radical (unpaired) electrons. The number of amides is 1. The molecule has 1 saturated carbocycles. The normalized spacial score (nSPS) is 13.2. The summed E-state index contributed by atoms with van der Waals surface area (Å²) < 4.78 is 2.08. The first-order valence-electron chi connectivity index (χ1n) is 10.6. The van der Waals surface area contributed by atoms with Gasteiger partial charge in [-0.3, -0.25) is 14.3 Å². The molecule has 4 aromatic rings. The zero-order chi connectivity index (χ0) is 21.9. The maximum absolute atomic E-state index is 12.2. The number of hydrogen-bond donors (Lipinski definition) is 1. The lowest BCUT2D eigenvalue weighted by Crippen LogP contribution is -2.25. The van der Waals surface area contributed by atoms with E-state index in [1.807, 2.05) is 42.5 Å². The molecule has 2 aromatic carbocycles. The molecule has 1 amide bonds. The molecule has 0 aliphatic heterocycles. The van der Waals surface area contributed by atoms with Gasteiger partial charge in [0.1, 0.15) is 0 Å². The summed E-state index contributed by atoms with van der Waals surface area (Å²) in [6.45, 7) is 2.07. The van der Waals surface area contributed by atoms with Crippen molar-refractivity contribution in [1.29, 1.82) is 0 Å². The Bertz CT molecular complexity index is 1230. The van der Waals surface area contributed by atoms with Gasteiger partial charge in [0.15, 0.2) is 11.0 Å². The highest BCUT2D eigenvalue weighted by Gasteiger charge is 2.23. The van der Waals surface area contributed by atoms with Crippen molar-refractivity contribution in [3.8, 4) is 17.1 Å². The lowest BCUT2D eigenvalue weighted by Gasteiger charge is -2.11. The molecule has 1 aliphatic carbocycles. The molecule has 5 rings (SSSR count). The van der Waals surface area contributed by atoms with Crippen molar-refractivity contribution in [2.45, 2.75) is 36.7 Å². The van der Waals surface area contributed by atoms with Crippen LogP contribution in [-0.2, 0) is 5.75 Å².